The van der Waals surface area contributed by atoms with Crippen LogP contribution in [0.2, 0.25) is 0 Å². The summed E-state index contributed by atoms with van der Waals surface area (Å²) in [4.78, 5) is 10.5. The first-order valence-electron chi connectivity index (χ1n) is 6.78. The van der Waals surface area contributed by atoms with E-state index in [1.165, 1.54) is 7.05 Å². The van der Waals surface area contributed by atoms with E-state index in [1.54, 1.807) is 0 Å². The zero-order valence-electron chi connectivity index (χ0n) is 12.1. The monoisotopic (exact) mass is 294 g/mol. The molecule has 0 heterocycles. The number of hydrogen-bond donors (Lipinski definition) is 2. The Bertz CT molecular complexity index is 357. The Morgan fingerprint density at radius 1 is 1.26 bits per heavy atom. The van der Waals surface area contributed by atoms with Crippen LogP contribution in [0.25, 0.3) is 0 Å². The number of nitrogens with one attached hydrogen (secondary N) is 1. The standard InChI is InChI=1S/C12H26N2O4S/c1-4-6-8-11(7-5-2)13-19(17,18)14(3)10-9-12(15)16/h11,13H,4-10H2,1-3H3,(H,15,16). The molecule has 6 nitrogen and oxygen atoms in total. The molecule has 7 heteroatoms. The SMILES string of the molecule is CCCCC(CCC)NS(=O)(=O)N(C)CCC(=O)O. The van der Waals surface area contributed by atoms with Crippen molar-refractivity contribution in [1.82, 2.24) is 9.03 Å². The molecule has 0 aromatic rings. The number of aliphatic carboxylic acids is 1. The molecule has 0 saturated carbocycles. The van der Waals surface area contributed by atoms with Gasteiger partial charge in [-0.3, -0.25) is 4.79 Å². The van der Waals surface area contributed by atoms with E-state index in [1.807, 2.05) is 6.92 Å². The van der Waals surface area contributed by atoms with Crippen molar-refractivity contribution in [2.75, 3.05) is 13.6 Å². The van der Waals surface area contributed by atoms with Gasteiger partial charge in [-0.15, -0.1) is 0 Å². The first-order valence-corrected chi connectivity index (χ1v) is 8.22. The summed E-state index contributed by atoms with van der Waals surface area (Å²) < 4.78 is 27.7. The highest BCUT2D eigenvalue weighted by molar-refractivity contribution is 7.87. The molecular weight excluding hydrogens is 268 g/mol. The van der Waals surface area contributed by atoms with E-state index in [9.17, 15) is 13.2 Å². The van der Waals surface area contributed by atoms with Crippen LogP contribution in [0, 0.1) is 0 Å². The lowest BCUT2D eigenvalue weighted by Gasteiger charge is -2.22. The van der Waals surface area contributed by atoms with Crippen LogP contribution in [0.5, 0.6) is 0 Å². The van der Waals surface area contributed by atoms with Gasteiger partial charge >= 0.3 is 5.97 Å². The summed E-state index contributed by atoms with van der Waals surface area (Å²) in [5.74, 6) is -1.00. The van der Waals surface area contributed by atoms with Crippen LogP contribution in [0.4, 0.5) is 0 Å². The van der Waals surface area contributed by atoms with Gasteiger partial charge in [0.05, 0.1) is 6.42 Å². The third-order valence-electron chi connectivity index (χ3n) is 2.91. The molecule has 0 spiro atoms. The zero-order chi connectivity index (χ0) is 14.9. The molecule has 0 aliphatic heterocycles. The number of carbonyl (C=O) groups is 1. The number of rotatable bonds is 11. The van der Waals surface area contributed by atoms with E-state index in [0.717, 1.165) is 36.4 Å². The molecule has 0 aromatic heterocycles. The third-order valence-corrected chi connectivity index (χ3v) is 4.54. The van der Waals surface area contributed by atoms with Crippen molar-refractivity contribution in [2.45, 2.75) is 58.4 Å². The van der Waals surface area contributed by atoms with Crippen molar-refractivity contribution in [1.29, 1.82) is 0 Å². The van der Waals surface area contributed by atoms with Crippen LogP contribution >= 0.6 is 0 Å². The van der Waals surface area contributed by atoms with E-state index in [-0.39, 0.29) is 19.0 Å². The third kappa shape index (κ3) is 8.18. The van der Waals surface area contributed by atoms with Gasteiger partial charge in [0, 0.05) is 19.6 Å². The molecule has 0 radical (unpaired) electrons. The largest absolute Gasteiger partial charge is 0.481 e. The van der Waals surface area contributed by atoms with E-state index in [2.05, 4.69) is 11.6 Å². The Hall–Kier alpha value is -0.660. The highest BCUT2D eigenvalue weighted by atomic mass is 32.2. The van der Waals surface area contributed by atoms with Gasteiger partial charge in [0.1, 0.15) is 0 Å². The maximum Gasteiger partial charge on any atom is 0.304 e. The topological polar surface area (TPSA) is 86.7 Å². The van der Waals surface area contributed by atoms with Crippen molar-refractivity contribution in [3.8, 4) is 0 Å². The minimum atomic E-state index is -3.59. The first-order chi connectivity index (χ1) is 8.83. The molecule has 114 valence electrons. The van der Waals surface area contributed by atoms with Crippen molar-refractivity contribution < 1.29 is 18.3 Å². The molecule has 0 bridgehead atoms. The van der Waals surface area contributed by atoms with E-state index in [4.69, 9.17) is 5.11 Å². The van der Waals surface area contributed by atoms with Crippen LogP contribution in [0.15, 0.2) is 0 Å². The lowest BCUT2D eigenvalue weighted by molar-refractivity contribution is -0.137. The van der Waals surface area contributed by atoms with Crippen LogP contribution in [0.1, 0.15) is 52.4 Å². The Kier molecular flexibility index (Phi) is 8.95. The maximum atomic E-state index is 12.0. The van der Waals surface area contributed by atoms with Crippen molar-refractivity contribution >= 4 is 16.2 Å². The normalized spacial score (nSPS) is 13.7. The molecular formula is C12H26N2O4S. The molecule has 1 unspecified atom stereocenters. The molecule has 0 amide bonds. The molecule has 19 heavy (non-hydrogen) atoms. The summed E-state index contributed by atoms with van der Waals surface area (Å²) in [5, 5.41) is 8.57. The van der Waals surface area contributed by atoms with Gasteiger partial charge in [0.25, 0.3) is 10.2 Å². The first kappa shape index (κ1) is 18.3. The molecule has 0 aliphatic carbocycles. The van der Waals surface area contributed by atoms with Gasteiger partial charge in [-0.2, -0.15) is 17.4 Å². The quantitative estimate of drug-likeness (QED) is 0.606. The maximum absolute atomic E-state index is 12.0. The Labute approximate surface area is 116 Å². The molecule has 0 fully saturated rings. The average molecular weight is 294 g/mol. The van der Waals surface area contributed by atoms with Crippen molar-refractivity contribution in [3.05, 3.63) is 0 Å². The summed E-state index contributed by atoms with van der Waals surface area (Å²) in [5.41, 5.74) is 0. The van der Waals surface area contributed by atoms with Crippen LogP contribution < -0.4 is 4.72 Å². The van der Waals surface area contributed by atoms with Crippen molar-refractivity contribution in [3.63, 3.8) is 0 Å². The second-order valence-electron chi connectivity index (χ2n) is 4.72. The highest BCUT2D eigenvalue weighted by Gasteiger charge is 2.22. The smallest absolute Gasteiger partial charge is 0.304 e. The Balaban J connectivity index is 4.46. The summed E-state index contributed by atoms with van der Waals surface area (Å²) in [7, 11) is -2.19. The molecule has 0 aromatic carbocycles. The Morgan fingerprint density at radius 2 is 1.89 bits per heavy atom. The van der Waals surface area contributed by atoms with Gasteiger partial charge in [-0.25, -0.2) is 0 Å². The van der Waals surface area contributed by atoms with E-state index >= 15 is 0 Å². The summed E-state index contributed by atoms with van der Waals surface area (Å²) >= 11 is 0. The van der Waals surface area contributed by atoms with E-state index < -0.39 is 16.2 Å². The summed E-state index contributed by atoms with van der Waals surface area (Å²) in [6, 6.07) is -0.0674. The van der Waals surface area contributed by atoms with Crippen LogP contribution in [-0.2, 0) is 15.0 Å². The van der Waals surface area contributed by atoms with Gasteiger partial charge in [0.15, 0.2) is 0 Å². The fourth-order valence-corrected chi connectivity index (χ4v) is 2.90. The highest BCUT2D eigenvalue weighted by Crippen LogP contribution is 2.09. The second-order valence-corrected chi connectivity index (χ2v) is 6.53. The number of unbranched alkanes of at least 4 members (excludes halogenated alkanes) is 1. The summed E-state index contributed by atoms with van der Waals surface area (Å²) in [6.07, 6.45) is 4.34. The van der Waals surface area contributed by atoms with Crippen LogP contribution in [-0.4, -0.2) is 43.4 Å². The minimum absolute atomic E-state index is 0.0166. The number of carboxylic acids is 1. The fraction of sp³-hybridized carbons (Fsp3) is 0.917. The van der Waals surface area contributed by atoms with Crippen molar-refractivity contribution in [2.24, 2.45) is 0 Å². The van der Waals surface area contributed by atoms with Gasteiger partial charge in [0.2, 0.25) is 0 Å². The molecule has 0 saturated heterocycles. The van der Waals surface area contributed by atoms with Crippen LogP contribution in [0.3, 0.4) is 0 Å². The van der Waals surface area contributed by atoms with Gasteiger partial charge < -0.3 is 5.11 Å². The lowest BCUT2D eigenvalue weighted by atomic mass is 10.1. The predicted molar refractivity (Wildman–Crippen MR) is 75.2 cm³/mol. The minimum Gasteiger partial charge on any atom is -0.481 e. The molecule has 2 N–H and O–H groups in total. The lowest BCUT2D eigenvalue weighted by Crippen LogP contribution is -2.44. The van der Waals surface area contributed by atoms with Gasteiger partial charge in [-0.05, 0) is 12.8 Å². The second kappa shape index (κ2) is 9.28. The fourth-order valence-electron chi connectivity index (χ4n) is 1.74. The predicted octanol–water partition coefficient (Wildman–Crippen LogP) is 1.59. The number of carboxylic acid groups (broad SMARTS) is 1. The number of nitrogens with zero attached hydrogens (tertiary/aromatic N) is 1. The molecule has 0 rings (SSSR count). The number of hydrogen-bond acceptors (Lipinski definition) is 3. The Morgan fingerprint density at radius 3 is 2.37 bits per heavy atom. The van der Waals surface area contributed by atoms with E-state index in [0.29, 0.717) is 0 Å². The molecule has 1 atom stereocenters. The summed E-state index contributed by atoms with van der Waals surface area (Å²) in [6.45, 7) is 4.06. The zero-order valence-corrected chi connectivity index (χ0v) is 12.9. The molecule has 0 aliphatic rings. The average Bonchev–Trinajstić information content (AvgIpc) is 2.32. The van der Waals surface area contributed by atoms with Gasteiger partial charge in [-0.1, -0.05) is 33.1 Å².